The van der Waals surface area contributed by atoms with Crippen LogP contribution in [0.5, 0.6) is 0 Å². The lowest BCUT2D eigenvalue weighted by molar-refractivity contribution is 0.219. The Labute approximate surface area is 74.5 Å². The van der Waals surface area contributed by atoms with Gasteiger partial charge in [0.25, 0.3) is 0 Å². The maximum absolute atomic E-state index is 2.43. The summed E-state index contributed by atoms with van der Waals surface area (Å²) >= 11 is 2.01. The van der Waals surface area contributed by atoms with Crippen LogP contribution in [-0.4, -0.2) is 36.5 Å². The minimum atomic E-state index is 0.865. The van der Waals surface area contributed by atoms with Gasteiger partial charge in [-0.3, -0.25) is 0 Å². The van der Waals surface area contributed by atoms with E-state index >= 15 is 0 Å². The Balaban J connectivity index is 2.27. The van der Waals surface area contributed by atoms with Gasteiger partial charge in [0.15, 0.2) is 0 Å². The number of hydrogen-bond acceptors (Lipinski definition) is 2. The first-order valence-electron chi connectivity index (χ1n) is 4.45. The molecule has 0 radical (unpaired) electrons. The summed E-state index contributed by atoms with van der Waals surface area (Å²) in [5, 5.41) is 0.865. The highest BCUT2D eigenvalue weighted by Gasteiger charge is 2.20. The van der Waals surface area contributed by atoms with Crippen molar-refractivity contribution in [2.24, 2.45) is 5.92 Å². The van der Waals surface area contributed by atoms with Crippen LogP contribution in [0.4, 0.5) is 0 Å². The summed E-state index contributed by atoms with van der Waals surface area (Å²) in [5.74, 6) is 0.973. The molecule has 1 aliphatic heterocycles. The summed E-state index contributed by atoms with van der Waals surface area (Å²) < 4.78 is 0. The second-order valence-electron chi connectivity index (χ2n) is 3.58. The predicted molar refractivity (Wildman–Crippen MR) is 53.2 cm³/mol. The number of likely N-dealkylation sites (tertiary alicyclic amines) is 1. The van der Waals surface area contributed by atoms with Crippen molar-refractivity contribution in [3.63, 3.8) is 0 Å². The molecular formula is C9H19NS. The van der Waals surface area contributed by atoms with Gasteiger partial charge in [0, 0.05) is 5.25 Å². The molecule has 0 aromatic carbocycles. The lowest BCUT2D eigenvalue weighted by Gasteiger charge is -2.31. The Morgan fingerprint density at radius 2 is 1.91 bits per heavy atom. The van der Waals surface area contributed by atoms with Crippen molar-refractivity contribution in [3.8, 4) is 0 Å². The van der Waals surface area contributed by atoms with E-state index in [0.717, 1.165) is 11.2 Å². The van der Waals surface area contributed by atoms with Crippen LogP contribution in [0.2, 0.25) is 0 Å². The van der Waals surface area contributed by atoms with Gasteiger partial charge >= 0.3 is 0 Å². The molecule has 0 spiro atoms. The first-order valence-corrected chi connectivity index (χ1v) is 5.74. The van der Waals surface area contributed by atoms with Gasteiger partial charge in [-0.1, -0.05) is 6.92 Å². The maximum Gasteiger partial charge on any atom is 0.00451 e. The minimum Gasteiger partial charge on any atom is -0.306 e. The molecule has 0 aromatic heterocycles. The van der Waals surface area contributed by atoms with Crippen LogP contribution in [0.15, 0.2) is 0 Å². The van der Waals surface area contributed by atoms with Gasteiger partial charge in [-0.15, -0.1) is 0 Å². The molecule has 1 aliphatic rings. The predicted octanol–water partition coefficient (Wildman–Crippen LogP) is 2.08. The van der Waals surface area contributed by atoms with E-state index < -0.39 is 0 Å². The molecule has 0 aromatic rings. The molecule has 0 N–H and O–H groups in total. The fourth-order valence-electron chi connectivity index (χ4n) is 1.69. The third-order valence-corrected chi connectivity index (χ3v) is 3.93. The summed E-state index contributed by atoms with van der Waals surface area (Å²) in [4.78, 5) is 2.43. The first-order chi connectivity index (χ1) is 5.24. The van der Waals surface area contributed by atoms with Crippen molar-refractivity contribution in [2.75, 3.05) is 26.4 Å². The second kappa shape index (κ2) is 4.36. The highest BCUT2D eigenvalue weighted by Crippen LogP contribution is 2.26. The zero-order valence-electron chi connectivity index (χ0n) is 7.84. The highest BCUT2D eigenvalue weighted by molar-refractivity contribution is 7.99. The van der Waals surface area contributed by atoms with Gasteiger partial charge in [0.05, 0.1) is 0 Å². The van der Waals surface area contributed by atoms with Gasteiger partial charge in [-0.25, -0.2) is 0 Å². The summed E-state index contributed by atoms with van der Waals surface area (Å²) in [5.41, 5.74) is 0. The summed E-state index contributed by atoms with van der Waals surface area (Å²) in [7, 11) is 2.22. The molecule has 0 aliphatic carbocycles. The molecule has 1 unspecified atom stereocenters. The summed E-state index contributed by atoms with van der Waals surface area (Å²) in [6.07, 6.45) is 5.03. The fourth-order valence-corrected chi connectivity index (χ4v) is 2.35. The van der Waals surface area contributed by atoms with Crippen molar-refractivity contribution in [2.45, 2.75) is 25.0 Å². The molecule has 66 valence electrons. The first kappa shape index (κ1) is 9.40. The van der Waals surface area contributed by atoms with Crippen LogP contribution < -0.4 is 0 Å². The SMILES string of the molecule is CSC(C)C1CCN(C)CC1. The van der Waals surface area contributed by atoms with E-state index in [9.17, 15) is 0 Å². The Bertz CT molecular complexity index is 108. The fraction of sp³-hybridized carbons (Fsp3) is 1.00. The van der Waals surface area contributed by atoms with Crippen LogP contribution in [0, 0.1) is 5.92 Å². The van der Waals surface area contributed by atoms with Crippen LogP contribution in [-0.2, 0) is 0 Å². The lowest BCUT2D eigenvalue weighted by Crippen LogP contribution is -2.33. The van der Waals surface area contributed by atoms with Gasteiger partial charge < -0.3 is 4.90 Å². The summed E-state index contributed by atoms with van der Waals surface area (Å²) in [6, 6.07) is 0. The third kappa shape index (κ3) is 2.68. The largest absolute Gasteiger partial charge is 0.306 e. The smallest absolute Gasteiger partial charge is 0.00451 e. The second-order valence-corrected chi connectivity index (χ2v) is 4.80. The van der Waals surface area contributed by atoms with E-state index in [0.29, 0.717) is 0 Å². The summed E-state index contributed by atoms with van der Waals surface area (Å²) in [6.45, 7) is 4.96. The van der Waals surface area contributed by atoms with E-state index in [1.54, 1.807) is 0 Å². The van der Waals surface area contributed by atoms with E-state index in [2.05, 4.69) is 25.1 Å². The number of piperidine rings is 1. The molecule has 1 fully saturated rings. The third-order valence-electron chi connectivity index (χ3n) is 2.80. The van der Waals surface area contributed by atoms with Gasteiger partial charge in [0.1, 0.15) is 0 Å². The standard InChI is InChI=1S/C9H19NS/c1-8(11-3)9-4-6-10(2)7-5-9/h8-9H,4-7H2,1-3H3. The molecule has 2 heteroatoms. The minimum absolute atomic E-state index is 0.865. The van der Waals surface area contributed by atoms with Gasteiger partial charge in [-0.05, 0) is 45.2 Å². The van der Waals surface area contributed by atoms with Crippen molar-refractivity contribution in [1.29, 1.82) is 0 Å². The van der Waals surface area contributed by atoms with Crippen LogP contribution in [0.25, 0.3) is 0 Å². The normalized spacial score (nSPS) is 25.4. The molecule has 0 saturated carbocycles. The van der Waals surface area contributed by atoms with Crippen molar-refractivity contribution in [3.05, 3.63) is 0 Å². The van der Waals surface area contributed by atoms with Crippen LogP contribution in [0.1, 0.15) is 19.8 Å². The molecule has 0 amide bonds. The molecule has 11 heavy (non-hydrogen) atoms. The Kier molecular flexibility index (Phi) is 3.73. The molecular weight excluding hydrogens is 154 g/mol. The Morgan fingerprint density at radius 1 is 1.36 bits per heavy atom. The number of hydrogen-bond donors (Lipinski definition) is 0. The number of rotatable bonds is 2. The molecule has 0 bridgehead atoms. The van der Waals surface area contributed by atoms with E-state index in [1.807, 2.05) is 11.8 Å². The van der Waals surface area contributed by atoms with Crippen molar-refractivity contribution >= 4 is 11.8 Å². The average molecular weight is 173 g/mol. The van der Waals surface area contributed by atoms with Crippen molar-refractivity contribution in [1.82, 2.24) is 4.90 Å². The van der Waals surface area contributed by atoms with Gasteiger partial charge in [0.2, 0.25) is 0 Å². The quantitative estimate of drug-likeness (QED) is 0.629. The number of nitrogens with zero attached hydrogens (tertiary/aromatic N) is 1. The molecule has 1 heterocycles. The monoisotopic (exact) mass is 173 g/mol. The molecule has 1 saturated heterocycles. The van der Waals surface area contributed by atoms with E-state index in [1.165, 1.54) is 25.9 Å². The van der Waals surface area contributed by atoms with Crippen LogP contribution >= 0.6 is 11.8 Å². The van der Waals surface area contributed by atoms with Gasteiger partial charge in [-0.2, -0.15) is 11.8 Å². The maximum atomic E-state index is 2.43. The number of thioether (sulfide) groups is 1. The highest BCUT2D eigenvalue weighted by atomic mass is 32.2. The Morgan fingerprint density at radius 3 is 2.36 bits per heavy atom. The van der Waals surface area contributed by atoms with Crippen LogP contribution in [0.3, 0.4) is 0 Å². The molecule has 1 nitrogen and oxygen atoms in total. The zero-order valence-corrected chi connectivity index (χ0v) is 8.66. The molecule has 1 rings (SSSR count). The van der Waals surface area contributed by atoms with Crippen molar-refractivity contribution < 1.29 is 0 Å². The average Bonchev–Trinajstić information content (AvgIpc) is 2.05. The van der Waals surface area contributed by atoms with E-state index in [-0.39, 0.29) is 0 Å². The van der Waals surface area contributed by atoms with E-state index in [4.69, 9.17) is 0 Å². The zero-order chi connectivity index (χ0) is 8.27. The topological polar surface area (TPSA) is 3.24 Å². The Hall–Kier alpha value is 0.310. The lowest BCUT2D eigenvalue weighted by atomic mass is 9.94. The molecule has 1 atom stereocenters.